The molecule has 0 aromatic heterocycles. The minimum atomic E-state index is -0.550. The maximum Gasteiger partial charge on any atom is 0.411 e. The van der Waals surface area contributed by atoms with Crippen molar-refractivity contribution in [2.24, 2.45) is 5.92 Å². The number of allylic oxidation sites excluding steroid dienone is 2. The first-order valence-electron chi connectivity index (χ1n) is 9.29. The van der Waals surface area contributed by atoms with Crippen molar-refractivity contribution in [1.82, 2.24) is 5.32 Å². The Kier molecular flexibility index (Phi) is 6.26. The van der Waals surface area contributed by atoms with E-state index in [4.69, 9.17) is 4.74 Å². The lowest BCUT2D eigenvalue weighted by molar-refractivity contribution is -0.126. The molecule has 6 heteroatoms. The van der Waals surface area contributed by atoms with Crippen LogP contribution in [0.1, 0.15) is 44.9 Å². The van der Waals surface area contributed by atoms with Crippen LogP contribution in [0.25, 0.3) is 0 Å². The van der Waals surface area contributed by atoms with E-state index in [1.807, 2.05) is 0 Å². The Morgan fingerprint density at radius 2 is 1.88 bits per heavy atom. The quantitative estimate of drug-likeness (QED) is 0.793. The largest absolute Gasteiger partial charge is 0.446 e. The van der Waals surface area contributed by atoms with Crippen molar-refractivity contribution in [2.75, 3.05) is 5.32 Å². The summed E-state index contributed by atoms with van der Waals surface area (Å²) in [6.07, 6.45) is 9.31. The Morgan fingerprint density at radius 1 is 1.08 bits per heavy atom. The Morgan fingerprint density at radius 3 is 2.62 bits per heavy atom. The third kappa shape index (κ3) is 5.31. The van der Waals surface area contributed by atoms with E-state index in [1.165, 1.54) is 24.3 Å². The summed E-state index contributed by atoms with van der Waals surface area (Å²) in [5.74, 6) is -0.193. The molecule has 1 saturated carbocycles. The predicted molar refractivity (Wildman–Crippen MR) is 97.2 cm³/mol. The van der Waals surface area contributed by atoms with Crippen LogP contribution in [0.3, 0.4) is 0 Å². The van der Waals surface area contributed by atoms with Gasteiger partial charge in [0, 0.05) is 24.1 Å². The first-order chi connectivity index (χ1) is 12.6. The van der Waals surface area contributed by atoms with Crippen LogP contribution in [0, 0.1) is 11.7 Å². The standard InChI is InChI=1S/C20H25FN2O3/c21-15-9-11-16(12-10-15)23-20(25)26-18-8-4-7-17(13-18)22-19(24)14-5-2-1-3-6-14/h1-2,9-12,14,17-18H,3-8,13H2,(H,22,24)(H,23,25)/t14-,17+,18-/m1/s1. The highest BCUT2D eigenvalue weighted by atomic mass is 19.1. The van der Waals surface area contributed by atoms with Crippen LogP contribution in [0.4, 0.5) is 14.9 Å². The maximum atomic E-state index is 12.9. The molecule has 26 heavy (non-hydrogen) atoms. The smallest absolute Gasteiger partial charge is 0.411 e. The van der Waals surface area contributed by atoms with E-state index in [0.717, 1.165) is 38.5 Å². The van der Waals surface area contributed by atoms with Gasteiger partial charge in [-0.2, -0.15) is 0 Å². The van der Waals surface area contributed by atoms with E-state index < -0.39 is 6.09 Å². The van der Waals surface area contributed by atoms with E-state index >= 15 is 0 Å². The molecule has 3 rings (SSSR count). The van der Waals surface area contributed by atoms with E-state index in [2.05, 4.69) is 22.8 Å². The molecule has 0 aliphatic heterocycles. The Bertz CT molecular complexity index is 660. The van der Waals surface area contributed by atoms with Crippen LogP contribution >= 0.6 is 0 Å². The summed E-state index contributed by atoms with van der Waals surface area (Å²) < 4.78 is 18.4. The second-order valence-corrected chi connectivity index (χ2v) is 7.01. The number of carbonyl (C=O) groups excluding carboxylic acids is 2. The fourth-order valence-corrected chi connectivity index (χ4v) is 3.57. The number of ether oxygens (including phenoxy) is 1. The van der Waals surface area contributed by atoms with Crippen molar-refractivity contribution in [1.29, 1.82) is 0 Å². The molecular weight excluding hydrogens is 335 g/mol. The molecule has 0 saturated heterocycles. The summed E-state index contributed by atoms with van der Waals surface area (Å²) in [5.41, 5.74) is 0.488. The molecule has 1 aromatic carbocycles. The van der Waals surface area contributed by atoms with Gasteiger partial charge in [-0.1, -0.05) is 12.2 Å². The maximum absolute atomic E-state index is 12.9. The van der Waals surface area contributed by atoms with Crippen LogP contribution in [-0.4, -0.2) is 24.1 Å². The normalized spacial score (nSPS) is 25.3. The van der Waals surface area contributed by atoms with Crippen molar-refractivity contribution in [3.63, 3.8) is 0 Å². The summed E-state index contributed by atoms with van der Waals surface area (Å²) >= 11 is 0. The molecular formula is C20H25FN2O3. The molecule has 140 valence electrons. The Hall–Kier alpha value is -2.37. The highest BCUT2D eigenvalue weighted by Gasteiger charge is 2.28. The zero-order chi connectivity index (χ0) is 18.4. The number of rotatable bonds is 4. The van der Waals surface area contributed by atoms with Crippen LogP contribution in [0.5, 0.6) is 0 Å². The van der Waals surface area contributed by atoms with Gasteiger partial charge < -0.3 is 10.1 Å². The molecule has 5 nitrogen and oxygen atoms in total. The van der Waals surface area contributed by atoms with E-state index in [-0.39, 0.29) is 29.8 Å². The van der Waals surface area contributed by atoms with Crippen molar-refractivity contribution in [2.45, 2.75) is 57.1 Å². The van der Waals surface area contributed by atoms with Crippen LogP contribution in [0.15, 0.2) is 36.4 Å². The van der Waals surface area contributed by atoms with Gasteiger partial charge in [-0.15, -0.1) is 0 Å². The first-order valence-corrected chi connectivity index (χ1v) is 9.29. The number of hydrogen-bond donors (Lipinski definition) is 2. The number of hydrogen-bond acceptors (Lipinski definition) is 3. The Labute approximate surface area is 153 Å². The predicted octanol–water partition coefficient (Wildman–Crippen LogP) is 4.16. The lowest BCUT2D eigenvalue weighted by atomic mass is 9.90. The topological polar surface area (TPSA) is 67.4 Å². The van der Waals surface area contributed by atoms with Gasteiger partial charge in [0.25, 0.3) is 0 Å². The van der Waals surface area contributed by atoms with Crippen LogP contribution in [0.2, 0.25) is 0 Å². The van der Waals surface area contributed by atoms with Gasteiger partial charge in [0.1, 0.15) is 11.9 Å². The fraction of sp³-hybridized carbons (Fsp3) is 0.500. The van der Waals surface area contributed by atoms with Crippen molar-refractivity contribution in [3.05, 3.63) is 42.2 Å². The minimum absolute atomic E-state index is 0.0470. The molecule has 0 radical (unpaired) electrons. The fourth-order valence-electron chi connectivity index (χ4n) is 3.57. The molecule has 2 aliphatic rings. The van der Waals surface area contributed by atoms with Crippen molar-refractivity contribution < 1.29 is 18.7 Å². The zero-order valence-corrected chi connectivity index (χ0v) is 14.7. The summed E-state index contributed by atoms with van der Waals surface area (Å²) in [5, 5.41) is 5.72. The lowest BCUT2D eigenvalue weighted by Gasteiger charge is -2.30. The SMILES string of the molecule is O=C(Nc1ccc(F)cc1)O[C@@H]1CCC[C@H](NC(=O)[C@@H]2CC=CCC2)C1. The van der Waals surface area contributed by atoms with Gasteiger partial charge in [0.15, 0.2) is 0 Å². The van der Waals surface area contributed by atoms with Crippen LogP contribution < -0.4 is 10.6 Å². The summed E-state index contributed by atoms with van der Waals surface area (Å²) in [7, 11) is 0. The van der Waals surface area contributed by atoms with E-state index in [0.29, 0.717) is 12.1 Å². The van der Waals surface area contributed by atoms with Gasteiger partial charge in [-0.3, -0.25) is 10.1 Å². The minimum Gasteiger partial charge on any atom is -0.446 e. The molecule has 0 bridgehead atoms. The number of anilines is 1. The van der Waals surface area contributed by atoms with Crippen molar-refractivity contribution in [3.8, 4) is 0 Å². The van der Waals surface area contributed by atoms with Crippen LogP contribution in [-0.2, 0) is 9.53 Å². The summed E-state index contributed by atoms with van der Waals surface area (Å²) in [4.78, 5) is 24.4. The summed E-state index contributed by atoms with van der Waals surface area (Å²) in [6, 6.07) is 5.58. The highest BCUT2D eigenvalue weighted by molar-refractivity contribution is 5.84. The number of amides is 2. The summed E-state index contributed by atoms with van der Waals surface area (Å²) in [6.45, 7) is 0. The van der Waals surface area contributed by atoms with Gasteiger partial charge in [0.05, 0.1) is 0 Å². The molecule has 2 N–H and O–H groups in total. The second kappa shape index (κ2) is 8.83. The van der Waals surface area contributed by atoms with Gasteiger partial charge >= 0.3 is 6.09 Å². The van der Waals surface area contributed by atoms with Gasteiger partial charge in [-0.05, 0) is 62.8 Å². The number of carbonyl (C=O) groups is 2. The molecule has 1 aromatic rings. The first kappa shape index (κ1) is 18.4. The van der Waals surface area contributed by atoms with Gasteiger partial charge in [-0.25, -0.2) is 9.18 Å². The van der Waals surface area contributed by atoms with E-state index in [9.17, 15) is 14.0 Å². The number of nitrogens with one attached hydrogen (secondary N) is 2. The molecule has 0 heterocycles. The second-order valence-electron chi connectivity index (χ2n) is 7.01. The molecule has 0 spiro atoms. The van der Waals surface area contributed by atoms with Gasteiger partial charge in [0.2, 0.25) is 5.91 Å². The molecule has 3 atom stereocenters. The molecule has 1 fully saturated rings. The highest BCUT2D eigenvalue weighted by Crippen LogP contribution is 2.24. The number of halogens is 1. The van der Waals surface area contributed by atoms with Crippen molar-refractivity contribution >= 4 is 17.7 Å². The average molecular weight is 360 g/mol. The Balaban J connectivity index is 1.45. The average Bonchev–Trinajstić information content (AvgIpc) is 2.64. The third-order valence-corrected chi connectivity index (χ3v) is 4.98. The third-order valence-electron chi connectivity index (χ3n) is 4.98. The number of benzene rings is 1. The molecule has 0 unspecified atom stereocenters. The lowest BCUT2D eigenvalue weighted by Crippen LogP contribution is -2.43. The molecule has 2 amide bonds. The molecule has 2 aliphatic carbocycles. The van der Waals surface area contributed by atoms with E-state index in [1.54, 1.807) is 0 Å². The zero-order valence-electron chi connectivity index (χ0n) is 14.7. The monoisotopic (exact) mass is 360 g/mol.